The van der Waals surface area contributed by atoms with Crippen molar-refractivity contribution < 1.29 is 9.47 Å². The van der Waals surface area contributed by atoms with Crippen molar-refractivity contribution in [2.75, 3.05) is 12.4 Å². The van der Waals surface area contributed by atoms with Gasteiger partial charge in [0.15, 0.2) is 5.43 Å². The number of ether oxygens (including phenoxy) is 2. The third-order valence-corrected chi connectivity index (χ3v) is 5.46. The van der Waals surface area contributed by atoms with Gasteiger partial charge in [0.25, 0.3) is 0 Å². The van der Waals surface area contributed by atoms with Crippen molar-refractivity contribution in [3.05, 3.63) is 119 Å². The van der Waals surface area contributed by atoms with Crippen LogP contribution in [0.4, 0.5) is 11.5 Å². The van der Waals surface area contributed by atoms with Crippen LogP contribution in [0.3, 0.4) is 0 Å². The predicted octanol–water partition coefficient (Wildman–Crippen LogP) is 5.72. The Labute approximate surface area is 197 Å². The standard InChI is InChI=1S/C28H23N3O3/c1-33-23-12-14-24(15-13-23)34-19-21-16-26-25(18-29-21)27(32)17-28(30-20-8-4-2-5-9-20)31(26)22-10-6-3-7-11-22/h2-18,30H,19H2,1H3. The summed E-state index contributed by atoms with van der Waals surface area (Å²) in [5, 5.41) is 3.93. The molecule has 34 heavy (non-hydrogen) atoms. The molecule has 5 rings (SSSR count). The number of rotatable bonds is 7. The van der Waals surface area contributed by atoms with Crippen LogP contribution in [0.1, 0.15) is 5.69 Å². The van der Waals surface area contributed by atoms with Crippen LogP contribution in [-0.4, -0.2) is 16.7 Å². The molecule has 6 heteroatoms. The van der Waals surface area contributed by atoms with E-state index in [4.69, 9.17) is 9.47 Å². The molecule has 0 radical (unpaired) electrons. The molecule has 1 N–H and O–H groups in total. The van der Waals surface area contributed by atoms with E-state index in [1.807, 2.05) is 95.6 Å². The van der Waals surface area contributed by atoms with Gasteiger partial charge in [-0.3, -0.25) is 14.3 Å². The number of aromatic nitrogens is 2. The molecule has 0 spiro atoms. The summed E-state index contributed by atoms with van der Waals surface area (Å²) in [4.78, 5) is 17.5. The maximum absolute atomic E-state index is 13.0. The number of methoxy groups -OCH3 is 1. The minimum atomic E-state index is -0.101. The zero-order valence-electron chi connectivity index (χ0n) is 18.6. The van der Waals surface area contributed by atoms with Gasteiger partial charge in [-0.15, -0.1) is 0 Å². The molecule has 0 aliphatic carbocycles. The summed E-state index contributed by atoms with van der Waals surface area (Å²) in [7, 11) is 1.63. The maximum atomic E-state index is 13.0. The summed E-state index contributed by atoms with van der Waals surface area (Å²) < 4.78 is 13.1. The molecule has 0 amide bonds. The highest BCUT2D eigenvalue weighted by atomic mass is 16.5. The molecular formula is C28H23N3O3. The third-order valence-electron chi connectivity index (χ3n) is 5.46. The first kappa shape index (κ1) is 21.3. The molecule has 0 saturated heterocycles. The lowest BCUT2D eigenvalue weighted by molar-refractivity contribution is 0.301. The van der Waals surface area contributed by atoms with Gasteiger partial charge in [-0.2, -0.15) is 0 Å². The average molecular weight is 450 g/mol. The fourth-order valence-corrected chi connectivity index (χ4v) is 3.78. The largest absolute Gasteiger partial charge is 0.497 e. The molecule has 2 heterocycles. The summed E-state index contributed by atoms with van der Waals surface area (Å²) in [5.74, 6) is 2.15. The van der Waals surface area contributed by atoms with Gasteiger partial charge in [0.05, 0.1) is 23.7 Å². The van der Waals surface area contributed by atoms with Gasteiger partial charge in [0.2, 0.25) is 0 Å². The van der Waals surface area contributed by atoms with Crippen LogP contribution >= 0.6 is 0 Å². The van der Waals surface area contributed by atoms with Gasteiger partial charge in [0, 0.05) is 23.6 Å². The summed E-state index contributed by atoms with van der Waals surface area (Å²) >= 11 is 0. The van der Waals surface area contributed by atoms with Crippen molar-refractivity contribution in [2.45, 2.75) is 6.61 Å². The second kappa shape index (κ2) is 9.50. The van der Waals surface area contributed by atoms with Gasteiger partial charge in [0.1, 0.15) is 23.9 Å². The normalized spacial score (nSPS) is 10.7. The number of fused-ring (bicyclic) bond motifs is 1. The lowest BCUT2D eigenvalue weighted by Crippen LogP contribution is -2.13. The van der Waals surface area contributed by atoms with E-state index < -0.39 is 0 Å². The van der Waals surface area contributed by atoms with Crippen molar-refractivity contribution in [2.24, 2.45) is 0 Å². The van der Waals surface area contributed by atoms with Gasteiger partial charge < -0.3 is 14.8 Å². The molecule has 2 aromatic heterocycles. The Morgan fingerprint density at radius 2 is 1.53 bits per heavy atom. The van der Waals surface area contributed by atoms with Crippen LogP contribution in [0.2, 0.25) is 0 Å². The number of pyridine rings is 2. The Hall–Kier alpha value is -4.58. The van der Waals surface area contributed by atoms with Crippen molar-refractivity contribution in [3.63, 3.8) is 0 Å². The second-order valence-corrected chi connectivity index (χ2v) is 7.71. The van der Waals surface area contributed by atoms with Gasteiger partial charge >= 0.3 is 0 Å². The van der Waals surface area contributed by atoms with E-state index in [9.17, 15) is 4.79 Å². The minimum Gasteiger partial charge on any atom is -0.497 e. The number of nitrogens with one attached hydrogen (secondary N) is 1. The first-order chi connectivity index (χ1) is 16.7. The molecule has 3 aromatic carbocycles. The highest BCUT2D eigenvalue weighted by molar-refractivity contribution is 5.83. The fraction of sp³-hybridized carbons (Fsp3) is 0.0714. The Morgan fingerprint density at radius 1 is 0.853 bits per heavy atom. The average Bonchev–Trinajstić information content (AvgIpc) is 2.89. The van der Waals surface area contributed by atoms with E-state index >= 15 is 0 Å². The molecule has 0 atom stereocenters. The van der Waals surface area contributed by atoms with E-state index in [1.54, 1.807) is 19.4 Å². The van der Waals surface area contributed by atoms with Gasteiger partial charge in [-0.1, -0.05) is 36.4 Å². The highest BCUT2D eigenvalue weighted by Gasteiger charge is 2.13. The number of benzene rings is 3. The minimum absolute atomic E-state index is 0.101. The second-order valence-electron chi connectivity index (χ2n) is 7.71. The third kappa shape index (κ3) is 4.47. The van der Waals surface area contributed by atoms with E-state index in [1.165, 1.54) is 0 Å². The van der Waals surface area contributed by atoms with Crippen LogP contribution < -0.4 is 20.2 Å². The Bertz CT molecular complexity index is 1460. The van der Waals surface area contributed by atoms with Crippen molar-refractivity contribution in [3.8, 4) is 17.2 Å². The van der Waals surface area contributed by atoms with Crippen molar-refractivity contribution in [1.82, 2.24) is 9.55 Å². The smallest absolute Gasteiger partial charge is 0.193 e. The van der Waals surface area contributed by atoms with Crippen LogP contribution in [-0.2, 0) is 6.61 Å². The molecule has 0 fully saturated rings. The summed E-state index contributed by atoms with van der Waals surface area (Å²) in [5.41, 5.74) is 3.18. The van der Waals surface area contributed by atoms with Crippen LogP contribution in [0.5, 0.6) is 11.5 Å². The molecule has 5 aromatic rings. The van der Waals surface area contributed by atoms with E-state index in [-0.39, 0.29) is 12.0 Å². The molecule has 0 aliphatic rings. The maximum Gasteiger partial charge on any atom is 0.193 e. The molecule has 0 unspecified atom stereocenters. The first-order valence-electron chi connectivity index (χ1n) is 10.9. The number of nitrogens with zero attached hydrogens (tertiary/aromatic N) is 2. The topological polar surface area (TPSA) is 65.4 Å². The number of hydrogen-bond acceptors (Lipinski definition) is 5. The fourth-order valence-electron chi connectivity index (χ4n) is 3.78. The first-order valence-corrected chi connectivity index (χ1v) is 10.9. The molecule has 0 bridgehead atoms. The number of para-hydroxylation sites is 2. The number of anilines is 2. The molecule has 6 nitrogen and oxygen atoms in total. The van der Waals surface area contributed by atoms with E-state index in [2.05, 4.69) is 10.3 Å². The van der Waals surface area contributed by atoms with Gasteiger partial charge in [-0.05, 0) is 54.6 Å². The quantitative estimate of drug-likeness (QED) is 0.344. The SMILES string of the molecule is COc1ccc(OCc2cc3c(cn2)c(=O)cc(Nc2ccccc2)n3-c2ccccc2)cc1. The van der Waals surface area contributed by atoms with Crippen molar-refractivity contribution >= 4 is 22.4 Å². The Balaban J connectivity index is 1.57. The summed E-state index contributed by atoms with van der Waals surface area (Å²) in [6.07, 6.45) is 1.62. The Kier molecular flexibility index (Phi) is 5.95. The monoisotopic (exact) mass is 449 g/mol. The summed E-state index contributed by atoms with van der Waals surface area (Å²) in [6, 6.07) is 30.6. The lowest BCUT2D eigenvalue weighted by Gasteiger charge is -2.19. The predicted molar refractivity (Wildman–Crippen MR) is 134 cm³/mol. The summed E-state index contributed by atoms with van der Waals surface area (Å²) in [6.45, 7) is 0.265. The van der Waals surface area contributed by atoms with E-state index in [0.29, 0.717) is 22.6 Å². The highest BCUT2D eigenvalue weighted by Crippen LogP contribution is 2.26. The van der Waals surface area contributed by atoms with Crippen molar-refractivity contribution in [1.29, 1.82) is 0 Å². The van der Waals surface area contributed by atoms with Crippen LogP contribution in [0.25, 0.3) is 16.6 Å². The molecular weight excluding hydrogens is 426 g/mol. The van der Waals surface area contributed by atoms with Gasteiger partial charge in [-0.25, -0.2) is 0 Å². The molecule has 0 aliphatic heterocycles. The zero-order valence-corrected chi connectivity index (χ0v) is 18.6. The Morgan fingerprint density at radius 3 is 2.24 bits per heavy atom. The molecule has 168 valence electrons. The zero-order chi connectivity index (χ0) is 23.3. The van der Waals surface area contributed by atoms with Crippen LogP contribution in [0.15, 0.2) is 108 Å². The van der Waals surface area contributed by atoms with Crippen LogP contribution in [0, 0.1) is 0 Å². The lowest BCUT2D eigenvalue weighted by atomic mass is 10.2. The van der Waals surface area contributed by atoms with E-state index in [0.717, 1.165) is 22.6 Å². The molecule has 0 saturated carbocycles. The number of hydrogen-bond donors (Lipinski definition) is 1.